The number of rotatable bonds is 11. The summed E-state index contributed by atoms with van der Waals surface area (Å²) < 4.78 is 42.9. The molecule has 4 amide bonds. The Morgan fingerprint density at radius 1 is 0.898 bits per heavy atom. The average Bonchev–Trinajstić information content (AvgIpc) is 3.97. The maximum Gasteiger partial charge on any atom is 0.264 e. The van der Waals surface area contributed by atoms with E-state index in [1.807, 2.05) is 30.5 Å². The van der Waals surface area contributed by atoms with Crippen LogP contribution in [-0.4, -0.2) is 116 Å². The second kappa shape index (κ2) is 15.5. The summed E-state index contributed by atoms with van der Waals surface area (Å²) in [5, 5.41) is 11.0. The number of amides is 4. The van der Waals surface area contributed by atoms with Crippen molar-refractivity contribution in [1.82, 2.24) is 30.1 Å². The zero-order chi connectivity index (χ0) is 40.8. The molecule has 17 nitrogen and oxygen atoms in total. The number of imide groups is 2. The van der Waals surface area contributed by atoms with E-state index in [1.165, 1.54) is 7.11 Å². The third-order valence-electron chi connectivity index (χ3n) is 11.7. The van der Waals surface area contributed by atoms with Crippen molar-refractivity contribution in [2.75, 3.05) is 67.4 Å². The molecule has 9 rings (SSSR count). The van der Waals surface area contributed by atoms with E-state index in [-0.39, 0.29) is 29.1 Å². The summed E-state index contributed by atoms with van der Waals surface area (Å²) in [6.45, 7) is 5.95. The van der Waals surface area contributed by atoms with E-state index >= 15 is 0 Å². The minimum Gasteiger partial charge on any atom is -0.496 e. The van der Waals surface area contributed by atoms with Gasteiger partial charge in [-0.1, -0.05) is 17.3 Å². The molecule has 306 valence electrons. The molecule has 18 heteroatoms. The Bertz CT molecular complexity index is 2560. The van der Waals surface area contributed by atoms with Gasteiger partial charge in [0.1, 0.15) is 17.2 Å². The average molecular weight is 822 g/mol. The van der Waals surface area contributed by atoms with Crippen molar-refractivity contribution in [1.29, 1.82) is 0 Å². The van der Waals surface area contributed by atoms with Crippen LogP contribution >= 0.6 is 0 Å². The van der Waals surface area contributed by atoms with Crippen LogP contribution in [0, 0.1) is 5.92 Å². The lowest BCUT2D eigenvalue weighted by Gasteiger charge is -2.40. The molecular formula is C41H43N9O8S. The van der Waals surface area contributed by atoms with Crippen molar-refractivity contribution in [2.45, 2.75) is 43.2 Å². The third-order valence-corrected chi connectivity index (χ3v) is 13.1. The van der Waals surface area contributed by atoms with Crippen molar-refractivity contribution in [3.63, 3.8) is 0 Å². The second-order valence-corrected chi connectivity index (χ2v) is 17.1. The molecule has 0 saturated carbocycles. The van der Waals surface area contributed by atoms with Crippen LogP contribution in [0.15, 0.2) is 82.5 Å². The molecule has 0 aliphatic carbocycles. The zero-order valence-corrected chi connectivity index (χ0v) is 33.2. The van der Waals surface area contributed by atoms with Crippen LogP contribution in [0.5, 0.6) is 5.75 Å². The molecule has 5 aromatic rings. The summed E-state index contributed by atoms with van der Waals surface area (Å²) in [5.41, 5.74) is 3.37. The Morgan fingerprint density at radius 3 is 2.44 bits per heavy atom. The number of carbonyl (C=O) groups excluding carboxylic acids is 4. The van der Waals surface area contributed by atoms with E-state index in [1.54, 1.807) is 47.3 Å². The number of hydrogen-bond acceptors (Lipinski definition) is 13. The van der Waals surface area contributed by atoms with Crippen LogP contribution in [0.3, 0.4) is 0 Å². The number of sulfonamides is 1. The lowest BCUT2D eigenvalue weighted by Crippen LogP contribution is -2.54. The summed E-state index contributed by atoms with van der Waals surface area (Å²) in [4.78, 5) is 59.2. The molecule has 1 atom stereocenters. The number of carbonyl (C=O) groups is 4. The summed E-state index contributed by atoms with van der Waals surface area (Å²) in [6, 6.07) is 16.6. The van der Waals surface area contributed by atoms with E-state index in [9.17, 15) is 27.6 Å². The quantitative estimate of drug-likeness (QED) is 0.185. The Kier molecular flexibility index (Phi) is 10.0. The number of anilines is 3. The highest BCUT2D eigenvalue weighted by atomic mass is 32.2. The monoisotopic (exact) mass is 821 g/mol. The van der Waals surface area contributed by atoms with Crippen LogP contribution in [0.1, 0.15) is 52.0 Å². The minimum atomic E-state index is -4.04. The molecule has 0 bridgehead atoms. The van der Waals surface area contributed by atoms with Gasteiger partial charge in [-0.2, -0.15) is 5.10 Å². The molecule has 4 aliphatic rings. The summed E-state index contributed by atoms with van der Waals surface area (Å²) in [6.07, 6.45) is 5.55. The van der Waals surface area contributed by atoms with Gasteiger partial charge in [0.25, 0.3) is 21.8 Å². The fraction of sp³-hybridized carbons (Fsp3) is 0.366. The molecular weight excluding hydrogens is 779 g/mol. The highest BCUT2D eigenvalue weighted by molar-refractivity contribution is 7.92. The van der Waals surface area contributed by atoms with Gasteiger partial charge >= 0.3 is 0 Å². The number of piperazine rings is 1. The van der Waals surface area contributed by atoms with Gasteiger partial charge in [0, 0.05) is 70.3 Å². The van der Waals surface area contributed by atoms with Crippen LogP contribution in [-0.2, 0) is 26.2 Å². The van der Waals surface area contributed by atoms with Crippen LogP contribution in [0.4, 0.5) is 17.2 Å². The summed E-state index contributed by atoms with van der Waals surface area (Å²) in [7, 11) is -2.52. The number of ether oxygens (including phenoxy) is 1. The first-order chi connectivity index (χ1) is 28.6. The zero-order valence-electron chi connectivity index (χ0n) is 32.4. The van der Waals surface area contributed by atoms with Crippen molar-refractivity contribution in [2.24, 2.45) is 5.92 Å². The normalized spacial score (nSPS) is 19.4. The molecule has 4 aliphatic heterocycles. The van der Waals surface area contributed by atoms with Gasteiger partial charge in [0.2, 0.25) is 11.8 Å². The SMILES string of the molecule is COc1cc(Cn2cccn2)cc2onc(NS(=O)(=O)c3cccc(N4CCN(CC5CCN(c6cccc7c6C(=O)N(C6CCC(=O)NC6=O)C7=O)CC5)CC4)c3)c12. The van der Waals surface area contributed by atoms with Gasteiger partial charge in [0.15, 0.2) is 11.4 Å². The van der Waals surface area contributed by atoms with Crippen molar-refractivity contribution >= 4 is 61.8 Å². The summed E-state index contributed by atoms with van der Waals surface area (Å²) >= 11 is 0. The van der Waals surface area contributed by atoms with Gasteiger partial charge in [-0.3, -0.25) is 43.7 Å². The number of nitrogens with zero attached hydrogens (tertiary/aromatic N) is 7. The van der Waals surface area contributed by atoms with E-state index in [0.717, 1.165) is 74.8 Å². The van der Waals surface area contributed by atoms with Gasteiger partial charge in [-0.05, 0) is 79.3 Å². The smallest absolute Gasteiger partial charge is 0.264 e. The van der Waals surface area contributed by atoms with Gasteiger partial charge < -0.3 is 19.1 Å². The lowest BCUT2D eigenvalue weighted by molar-refractivity contribution is -0.136. The number of fused-ring (bicyclic) bond motifs is 2. The van der Waals surface area contributed by atoms with E-state index in [4.69, 9.17) is 9.26 Å². The first kappa shape index (κ1) is 38.3. The lowest BCUT2D eigenvalue weighted by atomic mass is 9.94. The molecule has 6 heterocycles. The Morgan fingerprint density at radius 2 is 1.69 bits per heavy atom. The number of aromatic nitrogens is 3. The van der Waals surface area contributed by atoms with Gasteiger partial charge in [-0.15, -0.1) is 0 Å². The van der Waals surface area contributed by atoms with E-state index < -0.39 is 39.7 Å². The first-order valence-corrected chi connectivity index (χ1v) is 21.2. The Balaban J connectivity index is 0.796. The number of piperidine rings is 2. The largest absolute Gasteiger partial charge is 0.496 e. The maximum atomic E-state index is 13.7. The topological polar surface area (TPSA) is 193 Å². The van der Waals surface area contributed by atoms with Crippen LogP contribution < -0.4 is 24.6 Å². The Labute approximate surface area is 339 Å². The summed E-state index contributed by atoms with van der Waals surface area (Å²) in [5.74, 6) is -1.10. The second-order valence-electron chi connectivity index (χ2n) is 15.4. The number of methoxy groups -OCH3 is 1. The molecule has 3 fully saturated rings. The molecule has 2 N–H and O–H groups in total. The predicted molar refractivity (Wildman–Crippen MR) is 216 cm³/mol. The number of hydrogen-bond donors (Lipinski definition) is 2. The molecule has 0 spiro atoms. The maximum absolute atomic E-state index is 13.7. The first-order valence-electron chi connectivity index (χ1n) is 19.7. The fourth-order valence-electron chi connectivity index (χ4n) is 8.70. The van der Waals surface area contributed by atoms with Crippen LogP contribution in [0.25, 0.3) is 11.0 Å². The van der Waals surface area contributed by atoms with Crippen molar-refractivity contribution in [3.05, 3.63) is 89.7 Å². The van der Waals surface area contributed by atoms with E-state index in [2.05, 4.69) is 35.0 Å². The molecule has 3 saturated heterocycles. The van der Waals surface area contributed by atoms with Gasteiger partial charge in [0.05, 0.1) is 35.4 Å². The predicted octanol–water partition coefficient (Wildman–Crippen LogP) is 3.32. The highest BCUT2D eigenvalue weighted by Crippen LogP contribution is 2.37. The third kappa shape index (κ3) is 7.37. The standard InChI is InChI=1S/C41H43N9O8S/c1-57-33-21-27(25-49-14-4-13-42-49)22-34-37(33)38(44-58-34)45-59(55,56)29-6-2-5-28(23-29)47-19-17-46(18-20-47)24-26-11-15-48(16-12-26)31-8-3-7-30-36(31)41(54)50(40(30)53)32-9-10-35(51)43-39(32)52/h2-8,13-14,21-23,26,32H,9-12,15-20,24-25H2,1H3,(H,44,45)(H,43,51,52). The fourth-order valence-corrected chi connectivity index (χ4v) is 9.74. The highest BCUT2D eigenvalue weighted by Gasteiger charge is 2.46. The molecule has 0 radical (unpaired) electrons. The molecule has 1 unspecified atom stereocenters. The van der Waals surface area contributed by atoms with Crippen LogP contribution in [0.2, 0.25) is 0 Å². The molecule has 3 aromatic carbocycles. The minimum absolute atomic E-state index is 0.0417. The van der Waals surface area contributed by atoms with Gasteiger partial charge in [-0.25, -0.2) is 8.42 Å². The number of benzene rings is 3. The molecule has 59 heavy (non-hydrogen) atoms. The molecule has 2 aromatic heterocycles. The van der Waals surface area contributed by atoms with Crippen molar-refractivity contribution < 1.29 is 36.9 Å². The number of nitrogens with one attached hydrogen (secondary N) is 2. The van der Waals surface area contributed by atoms with Crippen molar-refractivity contribution in [3.8, 4) is 5.75 Å². The Hall–Kier alpha value is -6.27. The van der Waals surface area contributed by atoms with E-state index in [0.29, 0.717) is 40.4 Å².